The van der Waals surface area contributed by atoms with Crippen LogP contribution in [0.25, 0.3) is 0 Å². The maximum absolute atomic E-state index is 8.94. The molecule has 0 saturated heterocycles. The Morgan fingerprint density at radius 2 is 2.14 bits per heavy atom. The number of rotatable bonds is 4. The first-order chi connectivity index (χ1) is 6.77. The molecule has 1 aliphatic carbocycles. The summed E-state index contributed by atoms with van der Waals surface area (Å²) < 4.78 is 10.6. The summed E-state index contributed by atoms with van der Waals surface area (Å²) in [6.45, 7) is 3.44. The van der Waals surface area contributed by atoms with E-state index >= 15 is 0 Å². The van der Waals surface area contributed by atoms with Crippen LogP contribution in [0.3, 0.4) is 0 Å². The molecule has 0 aromatic heterocycles. The van der Waals surface area contributed by atoms with Gasteiger partial charge in [-0.15, -0.1) is 0 Å². The Morgan fingerprint density at radius 1 is 1.36 bits per heavy atom. The average molecular weight is 197 g/mol. The molecular weight excluding hydrogens is 178 g/mol. The van der Waals surface area contributed by atoms with Crippen molar-refractivity contribution in [3.8, 4) is 6.07 Å². The zero-order valence-corrected chi connectivity index (χ0v) is 9.03. The van der Waals surface area contributed by atoms with Crippen LogP contribution in [0.5, 0.6) is 0 Å². The highest BCUT2D eigenvalue weighted by atomic mass is 16.5. The highest BCUT2D eigenvalue weighted by molar-refractivity contribution is 4.93. The van der Waals surface area contributed by atoms with E-state index < -0.39 is 0 Å². The van der Waals surface area contributed by atoms with Crippen molar-refractivity contribution >= 4 is 0 Å². The SMILES string of the molecule is COCCOC1CC(C)CCC1C#N. The van der Waals surface area contributed by atoms with Gasteiger partial charge in [0.25, 0.3) is 0 Å². The lowest BCUT2D eigenvalue weighted by atomic mass is 9.81. The Kier molecular flexibility index (Phi) is 4.92. The number of nitrogens with zero attached hydrogens (tertiary/aromatic N) is 1. The minimum absolute atomic E-state index is 0.0862. The molecule has 3 unspecified atom stereocenters. The van der Waals surface area contributed by atoms with Gasteiger partial charge in [0, 0.05) is 7.11 Å². The van der Waals surface area contributed by atoms with Crippen molar-refractivity contribution in [2.45, 2.75) is 32.3 Å². The van der Waals surface area contributed by atoms with Gasteiger partial charge in [-0.1, -0.05) is 6.92 Å². The predicted molar refractivity (Wildman–Crippen MR) is 53.7 cm³/mol. The molecule has 0 N–H and O–H groups in total. The van der Waals surface area contributed by atoms with E-state index in [4.69, 9.17) is 14.7 Å². The molecule has 3 nitrogen and oxygen atoms in total. The van der Waals surface area contributed by atoms with Gasteiger partial charge in [0.15, 0.2) is 0 Å². The molecule has 0 heterocycles. The standard InChI is InChI=1S/C11H19NO2/c1-9-3-4-10(8-12)11(7-9)14-6-5-13-2/h9-11H,3-7H2,1-2H3. The second-order valence-corrected chi connectivity index (χ2v) is 4.06. The van der Waals surface area contributed by atoms with Crippen LogP contribution < -0.4 is 0 Å². The fraction of sp³-hybridized carbons (Fsp3) is 0.909. The molecule has 1 aliphatic rings. The Hall–Kier alpha value is -0.590. The van der Waals surface area contributed by atoms with Gasteiger partial charge in [-0.05, 0) is 25.2 Å². The fourth-order valence-electron chi connectivity index (χ4n) is 1.94. The van der Waals surface area contributed by atoms with Gasteiger partial charge in [-0.3, -0.25) is 0 Å². The summed E-state index contributed by atoms with van der Waals surface area (Å²) in [7, 11) is 1.66. The molecule has 3 heteroatoms. The minimum Gasteiger partial charge on any atom is -0.382 e. The predicted octanol–water partition coefficient (Wildman–Crippen LogP) is 1.98. The van der Waals surface area contributed by atoms with Crippen LogP contribution in [0.1, 0.15) is 26.2 Å². The first-order valence-electron chi connectivity index (χ1n) is 5.28. The van der Waals surface area contributed by atoms with Crippen molar-refractivity contribution in [1.29, 1.82) is 5.26 Å². The second kappa shape index (κ2) is 6.00. The molecule has 0 aromatic rings. The van der Waals surface area contributed by atoms with E-state index in [2.05, 4.69) is 13.0 Å². The van der Waals surface area contributed by atoms with Crippen LogP contribution >= 0.6 is 0 Å². The highest BCUT2D eigenvalue weighted by Gasteiger charge is 2.28. The smallest absolute Gasteiger partial charge is 0.0736 e. The van der Waals surface area contributed by atoms with Gasteiger partial charge in [-0.25, -0.2) is 0 Å². The molecule has 0 radical (unpaired) electrons. The van der Waals surface area contributed by atoms with Crippen LogP contribution in [-0.4, -0.2) is 26.4 Å². The lowest BCUT2D eigenvalue weighted by Crippen LogP contribution is -2.31. The molecule has 0 spiro atoms. The summed E-state index contributed by atoms with van der Waals surface area (Å²) in [5, 5.41) is 8.94. The zero-order chi connectivity index (χ0) is 10.4. The molecule has 1 fully saturated rings. The lowest BCUT2D eigenvalue weighted by molar-refractivity contribution is -0.0276. The monoisotopic (exact) mass is 197 g/mol. The molecular formula is C11H19NO2. The van der Waals surface area contributed by atoms with E-state index in [-0.39, 0.29) is 12.0 Å². The summed E-state index contributed by atoms with van der Waals surface area (Å²) in [4.78, 5) is 0. The number of hydrogen-bond donors (Lipinski definition) is 0. The third kappa shape index (κ3) is 3.28. The van der Waals surface area contributed by atoms with Crippen molar-refractivity contribution in [3.63, 3.8) is 0 Å². The van der Waals surface area contributed by atoms with E-state index in [1.807, 2.05) is 0 Å². The first kappa shape index (κ1) is 11.5. The summed E-state index contributed by atoms with van der Waals surface area (Å²) in [5.74, 6) is 0.773. The van der Waals surface area contributed by atoms with E-state index in [0.29, 0.717) is 19.1 Å². The van der Waals surface area contributed by atoms with E-state index in [1.54, 1.807) is 7.11 Å². The van der Waals surface area contributed by atoms with Crippen LogP contribution in [-0.2, 0) is 9.47 Å². The summed E-state index contributed by atoms with van der Waals surface area (Å²) in [5.41, 5.74) is 0. The third-order valence-electron chi connectivity index (χ3n) is 2.84. The second-order valence-electron chi connectivity index (χ2n) is 4.06. The molecule has 1 saturated carbocycles. The van der Waals surface area contributed by atoms with Crippen molar-refractivity contribution in [1.82, 2.24) is 0 Å². The van der Waals surface area contributed by atoms with Crippen LogP contribution in [0.2, 0.25) is 0 Å². The van der Waals surface area contributed by atoms with Crippen molar-refractivity contribution in [2.75, 3.05) is 20.3 Å². The molecule has 0 bridgehead atoms. The Balaban J connectivity index is 2.34. The fourth-order valence-corrected chi connectivity index (χ4v) is 1.94. The number of nitriles is 1. The van der Waals surface area contributed by atoms with Gasteiger partial charge >= 0.3 is 0 Å². The molecule has 0 amide bonds. The molecule has 0 aromatic carbocycles. The van der Waals surface area contributed by atoms with Gasteiger partial charge in [0.2, 0.25) is 0 Å². The molecule has 0 aliphatic heterocycles. The summed E-state index contributed by atoms with van der Waals surface area (Å²) in [6, 6.07) is 2.34. The van der Waals surface area contributed by atoms with Crippen LogP contribution in [0.15, 0.2) is 0 Å². The third-order valence-corrected chi connectivity index (χ3v) is 2.84. The van der Waals surface area contributed by atoms with Gasteiger partial charge in [0.1, 0.15) is 0 Å². The summed E-state index contributed by atoms with van der Waals surface area (Å²) >= 11 is 0. The largest absolute Gasteiger partial charge is 0.382 e. The van der Waals surface area contributed by atoms with Crippen molar-refractivity contribution < 1.29 is 9.47 Å². The first-order valence-corrected chi connectivity index (χ1v) is 5.28. The van der Waals surface area contributed by atoms with E-state index in [0.717, 1.165) is 19.3 Å². The van der Waals surface area contributed by atoms with Crippen LogP contribution in [0.4, 0.5) is 0 Å². The molecule has 3 atom stereocenters. The molecule has 1 rings (SSSR count). The Labute approximate surface area is 86.0 Å². The number of hydrogen-bond acceptors (Lipinski definition) is 3. The normalized spacial score (nSPS) is 32.5. The maximum Gasteiger partial charge on any atom is 0.0736 e. The minimum atomic E-state index is 0.0862. The van der Waals surface area contributed by atoms with Gasteiger partial charge in [0.05, 0.1) is 31.3 Å². The van der Waals surface area contributed by atoms with Crippen molar-refractivity contribution in [3.05, 3.63) is 0 Å². The zero-order valence-electron chi connectivity index (χ0n) is 9.03. The van der Waals surface area contributed by atoms with E-state index in [1.165, 1.54) is 0 Å². The van der Waals surface area contributed by atoms with Crippen LogP contribution in [0, 0.1) is 23.2 Å². The maximum atomic E-state index is 8.94. The topological polar surface area (TPSA) is 42.2 Å². The van der Waals surface area contributed by atoms with Crippen molar-refractivity contribution in [2.24, 2.45) is 11.8 Å². The Morgan fingerprint density at radius 3 is 2.79 bits per heavy atom. The Bertz CT molecular complexity index is 200. The quantitative estimate of drug-likeness (QED) is 0.647. The van der Waals surface area contributed by atoms with E-state index in [9.17, 15) is 0 Å². The van der Waals surface area contributed by atoms with Gasteiger partial charge < -0.3 is 9.47 Å². The molecule has 80 valence electrons. The van der Waals surface area contributed by atoms with Gasteiger partial charge in [-0.2, -0.15) is 5.26 Å². The number of ether oxygens (including phenoxy) is 2. The highest BCUT2D eigenvalue weighted by Crippen LogP contribution is 2.30. The lowest BCUT2D eigenvalue weighted by Gasteiger charge is -2.30. The number of methoxy groups -OCH3 is 1. The summed E-state index contributed by atoms with van der Waals surface area (Å²) in [6.07, 6.45) is 3.28. The average Bonchev–Trinajstić information content (AvgIpc) is 2.19. The molecule has 14 heavy (non-hydrogen) atoms.